The van der Waals surface area contributed by atoms with E-state index >= 15 is 0 Å². The van der Waals surface area contributed by atoms with Gasteiger partial charge in [0.2, 0.25) is 0 Å². The Morgan fingerprint density at radius 3 is 2.78 bits per heavy atom. The number of aliphatic hydroxyl groups is 1. The summed E-state index contributed by atoms with van der Waals surface area (Å²) in [6, 6.07) is 1.94. The second kappa shape index (κ2) is 5.97. The lowest BCUT2D eigenvalue weighted by Gasteiger charge is -2.60. The Morgan fingerprint density at radius 1 is 1.15 bits per heavy atom. The van der Waals surface area contributed by atoms with Crippen LogP contribution in [0.5, 0.6) is 0 Å². The smallest absolute Gasteiger partial charge is 0.306 e. The molecule has 0 spiro atoms. The quantitative estimate of drug-likeness (QED) is 0.570. The number of rotatable bonds is 1. The molecule has 1 aliphatic heterocycles. The molecule has 27 heavy (non-hydrogen) atoms. The lowest BCUT2D eigenvalue weighted by Crippen LogP contribution is -2.55. The summed E-state index contributed by atoms with van der Waals surface area (Å²) in [5.74, 6) is 1.41. The molecular weight excluding hydrogens is 340 g/mol. The largest absolute Gasteiger partial charge is 0.472 e. The van der Waals surface area contributed by atoms with Gasteiger partial charge in [0, 0.05) is 17.4 Å². The van der Waals surface area contributed by atoms with Crippen molar-refractivity contribution in [1.29, 1.82) is 0 Å². The fourth-order valence-electron chi connectivity index (χ4n) is 7.07. The second-order valence-electron chi connectivity index (χ2n) is 9.83. The molecule has 0 bridgehead atoms. The molecule has 1 saturated heterocycles. The predicted octanol–water partition coefficient (Wildman–Crippen LogP) is 4.80. The van der Waals surface area contributed by atoms with Crippen LogP contribution in [0.1, 0.15) is 70.5 Å². The lowest BCUT2D eigenvalue weighted by molar-refractivity contribution is -0.193. The van der Waals surface area contributed by atoms with Crippen LogP contribution in [0.2, 0.25) is 0 Å². The summed E-state index contributed by atoms with van der Waals surface area (Å²) in [6.07, 6.45) is 12.1. The van der Waals surface area contributed by atoms with Gasteiger partial charge in [-0.15, -0.1) is 0 Å². The van der Waals surface area contributed by atoms with Gasteiger partial charge in [0.05, 0.1) is 18.6 Å². The van der Waals surface area contributed by atoms with Crippen LogP contribution in [0.25, 0.3) is 0 Å². The predicted molar refractivity (Wildman–Crippen MR) is 101 cm³/mol. The third kappa shape index (κ3) is 2.48. The van der Waals surface area contributed by atoms with E-state index in [1.807, 2.05) is 6.07 Å². The number of aliphatic hydroxyl groups excluding tert-OH is 1. The summed E-state index contributed by atoms with van der Waals surface area (Å²) in [5.41, 5.74) is 2.62. The van der Waals surface area contributed by atoms with E-state index in [2.05, 4.69) is 19.9 Å². The molecule has 1 N–H and O–H groups in total. The maximum Gasteiger partial charge on any atom is 0.306 e. The van der Waals surface area contributed by atoms with Gasteiger partial charge in [-0.25, -0.2) is 0 Å². The number of ether oxygens (including phenoxy) is 1. The number of furan rings is 1. The van der Waals surface area contributed by atoms with Crippen molar-refractivity contribution >= 4 is 5.97 Å². The van der Waals surface area contributed by atoms with Crippen molar-refractivity contribution in [1.82, 2.24) is 0 Å². The number of hydrogen-bond acceptors (Lipinski definition) is 4. The summed E-state index contributed by atoms with van der Waals surface area (Å²) < 4.78 is 11.2. The maximum absolute atomic E-state index is 12.5. The standard InChI is InChI=1S/C23H30O4/c1-22-8-5-16(24)11-15(22)3-4-17-18(22)6-9-23(2)19(17)12-20(25)27-21(23)14-7-10-26-13-14/h3,7,10,13,16-19,21,24H,4-6,8-9,11-12H2,1-2H3. The molecule has 7 atom stereocenters. The number of cyclic esters (lactones) is 1. The van der Waals surface area contributed by atoms with E-state index in [0.717, 1.165) is 37.7 Å². The van der Waals surface area contributed by atoms with E-state index < -0.39 is 0 Å². The molecule has 1 aromatic heterocycles. The van der Waals surface area contributed by atoms with E-state index in [9.17, 15) is 9.90 Å². The molecule has 4 heteroatoms. The molecule has 146 valence electrons. The van der Waals surface area contributed by atoms with Gasteiger partial charge in [-0.05, 0) is 67.8 Å². The van der Waals surface area contributed by atoms with Crippen molar-refractivity contribution in [2.45, 2.75) is 71.0 Å². The molecule has 7 unspecified atom stereocenters. The summed E-state index contributed by atoms with van der Waals surface area (Å²) in [7, 11) is 0. The third-order valence-corrected chi connectivity index (χ3v) is 8.60. The Kier molecular flexibility index (Phi) is 3.88. The van der Waals surface area contributed by atoms with Crippen LogP contribution in [-0.2, 0) is 9.53 Å². The molecular formula is C23H30O4. The van der Waals surface area contributed by atoms with Crippen molar-refractivity contribution in [2.75, 3.05) is 0 Å². The van der Waals surface area contributed by atoms with Gasteiger partial charge in [-0.2, -0.15) is 0 Å². The first-order chi connectivity index (χ1) is 12.9. The van der Waals surface area contributed by atoms with Crippen LogP contribution >= 0.6 is 0 Å². The van der Waals surface area contributed by atoms with Crippen LogP contribution in [0, 0.1) is 28.6 Å². The Labute approximate surface area is 161 Å². The SMILES string of the molecule is CC12CCC(O)CC1=CCC1C2CCC2(C)C(c3ccoc3)OC(=O)CC12. The Hall–Kier alpha value is -1.55. The highest BCUT2D eigenvalue weighted by Crippen LogP contribution is 2.65. The highest BCUT2D eigenvalue weighted by Gasteiger charge is 2.59. The molecule has 0 aromatic carbocycles. The van der Waals surface area contributed by atoms with Gasteiger partial charge in [-0.3, -0.25) is 4.79 Å². The van der Waals surface area contributed by atoms with Crippen molar-refractivity contribution in [3.8, 4) is 0 Å². The molecule has 5 rings (SSSR count). The molecule has 2 saturated carbocycles. The summed E-state index contributed by atoms with van der Waals surface area (Å²) >= 11 is 0. The zero-order valence-corrected chi connectivity index (χ0v) is 16.3. The minimum absolute atomic E-state index is 0.0329. The van der Waals surface area contributed by atoms with Crippen molar-refractivity contribution < 1.29 is 19.1 Å². The van der Waals surface area contributed by atoms with Gasteiger partial charge in [0.1, 0.15) is 6.10 Å². The zero-order chi connectivity index (χ0) is 18.8. The second-order valence-corrected chi connectivity index (χ2v) is 9.83. The fraction of sp³-hybridized carbons (Fsp3) is 0.696. The Morgan fingerprint density at radius 2 is 2.00 bits per heavy atom. The van der Waals surface area contributed by atoms with E-state index in [0.29, 0.717) is 24.2 Å². The molecule has 1 aromatic rings. The Bertz CT molecular complexity index is 765. The van der Waals surface area contributed by atoms with Crippen LogP contribution in [0.15, 0.2) is 34.7 Å². The number of carbonyl (C=O) groups excluding carboxylic acids is 1. The number of esters is 1. The van der Waals surface area contributed by atoms with Crippen molar-refractivity contribution in [3.05, 3.63) is 35.8 Å². The molecule has 3 aliphatic carbocycles. The number of hydrogen-bond donors (Lipinski definition) is 1. The topological polar surface area (TPSA) is 59.7 Å². The summed E-state index contributed by atoms with van der Waals surface area (Å²) in [4.78, 5) is 12.5. The van der Waals surface area contributed by atoms with Gasteiger partial charge in [-0.1, -0.05) is 25.5 Å². The van der Waals surface area contributed by atoms with Crippen molar-refractivity contribution in [3.63, 3.8) is 0 Å². The molecule has 4 nitrogen and oxygen atoms in total. The maximum atomic E-state index is 12.5. The molecule has 2 heterocycles. The monoisotopic (exact) mass is 370 g/mol. The van der Waals surface area contributed by atoms with Gasteiger partial charge in [0.25, 0.3) is 0 Å². The summed E-state index contributed by atoms with van der Waals surface area (Å²) in [5, 5.41) is 10.2. The van der Waals surface area contributed by atoms with Gasteiger partial charge in [0.15, 0.2) is 0 Å². The zero-order valence-electron chi connectivity index (χ0n) is 16.3. The van der Waals surface area contributed by atoms with E-state index in [1.54, 1.807) is 12.5 Å². The lowest BCUT2D eigenvalue weighted by atomic mass is 9.45. The number of allylic oxidation sites excluding steroid dienone is 1. The van der Waals surface area contributed by atoms with E-state index in [1.165, 1.54) is 12.0 Å². The highest BCUT2D eigenvalue weighted by atomic mass is 16.5. The third-order valence-electron chi connectivity index (χ3n) is 8.60. The average Bonchev–Trinajstić information content (AvgIpc) is 3.16. The number of carbonyl (C=O) groups is 1. The fourth-order valence-corrected chi connectivity index (χ4v) is 7.07. The van der Waals surface area contributed by atoms with Crippen molar-refractivity contribution in [2.24, 2.45) is 28.6 Å². The van der Waals surface area contributed by atoms with E-state index in [4.69, 9.17) is 9.15 Å². The highest BCUT2D eigenvalue weighted by molar-refractivity contribution is 5.71. The average molecular weight is 370 g/mol. The van der Waals surface area contributed by atoms with Crippen LogP contribution in [0.3, 0.4) is 0 Å². The minimum Gasteiger partial charge on any atom is -0.472 e. The van der Waals surface area contributed by atoms with Crippen LogP contribution < -0.4 is 0 Å². The van der Waals surface area contributed by atoms with E-state index in [-0.39, 0.29) is 29.0 Å². The van der Waals surface area contributed by atoms with Crippen LogP contribution in [0.4, 0.5) is 0 Å². The number of fused-ring (bicyclic) bond motifs is 5. The first-order valence-electron chi connectivity index (χ1n) is 10.5. The van der Waals surface area contributed by atoms with Crippen LogP contribution in [-0.4, -0.2) is 17.2 Å². The first kappa shape index (κ1) is 17.5. The Balaban J connectivity index is 1.52. The normalized spacial score (nSPS) is 46.6. The first-order valence-corrected chi connectivity index (χ1v) is 10.5. The molecule has 0 radical (unpaired) electrons. The van der Waals surface area contributed by atoms with Gasteiger partial charge >= 0.3 is 5.97 Å². The molecule has 0 amide bonds. The van der Waals surface area contributed by atoms with Gasteiger partial charge < -0.3 is 14.3 Å². The molecule has 4 aliphatic rings. The molecule has 3 fully saturated rings. The summed E-state index contributed by atoms with van der Waals surface area (Å²) in [6.45, 7) is 4.74. The minimum atomic E-state index is -0.199.